The number of rotatable bonds is 5. The van der Waals surface area contributed by atoms with Crippen LogP contribution >= 0.6 is 11.6 Å². The zero-order valence-electron chi connectivity index (χ0n) is 13.8. The maximum atomic E-state index is 6.58. The molecule has 0 amide bonds. The molecule has 0 aliphatic carbocycles. The largest absolute Gasteiger partial charge is 0.367 e. The van der Waals surface area contributed by atoms with Gasteiger partial charge in [-0.05, 0) is 63.3 Å². The van der Waals surface area contributed by atoms with Gasteiger partial charge in [0.2, 0.25) is 0 Å². The summed E-state index contributed by atoms with van der Waals surface area (Å²) in [4.78, 5) is 2.48. The van der Waals surface area contributed by atoms with E-state index >= 15 is 0 Å². The van der Waals surface area contributed by atoms with Crippen LogP contribution in [0.2, 0.25) is 5.02 Å². The predicted molar refractivity (Wildman–Crippen MR) is 93.4 cm³/mol. The van der Waals surface area contributed by atoms with Crippen molar-refractivity contribution in [2.75, 3.05) is 18.0 Å². The molecule has 1 aromatic rings. The van der Waals surface area contributed by atoms with E-state index in [0.717, 1.165) is 30.5 Å². The highest BCUT2D eigenvalue weighted by Gasteiger charge is 2.26. The van der Waals surface area contributed by atoms with Crippen LogP contribution < -0.4 is 10.2 Å². The lowest BCUT2D eigenvalue weighted by Gasteiger charge is -2.40. The van der Waals surface area contributed by atoms with Crippen LogP contribution in [0.25, 0.3) is 0 Å². The second-order valence-electron chi connectivity index (χ2n) is 6.44. The minimum atomic E-state index is 0.356. The van der Waals surface area contributed by atoms with Gasteiger partial charge in [-0.1, -0.05) is 31.5 Å². The lowest BCUT2D eigenvalue weighted by Crippen LogP contribution is -2.42. The van der Waals surface area contributed by atoms with Gasteiger partial charge in [-0.25, -0.2) is 0 Å². The Hall–Kier alpha value is -0.730. The zero-order valence-corrected chi connectivity index (χ0v) is 14.6. The average molecular weight is 309 g/mol. The molecular weight excluding hydrogens is 280 g/mol. The molecule has 1 heterocycles. The summed E-state index contributed by atoms with van der Waals surface area (Å²) in [5.74, 6) is 0.736. The van der Waals surface area contributed by atoms with Crippen LogP contribution in [-0.2, 0) is 0 Å². The summed E-state index contributed by atoms with van der Waals surface area (Å²) in [7, 11) is 0. The van der Waals surface area contributed by atoms with Gasteiger partial charge >= 0.3 is 0 Å². The minimum absolute atomic E-state index is 0.356. The van der Waals surface area contributed by atoms with Crippen molar-refractivity contribution < 1.29 is 0 Å². The standard InChI is InChI=1S/C18H29ClN2/c1-5-10-20-14(3)16-8-9-18(17(19)12-16)21-11-6-7-13(2)15(21)4/h8-9,12-15,20H,5-7,10-11H2,1-4H3. The van der Waals surface area contributed by atoms with E-state index in [0.29, 0.717) is 12.1 Å². The molecule has 0 aromatic heterocycles. The molecule has 1 aliphatic heterocycles. The number of hydrogen-bond donors (Lipinski definition) is 1. The van der Waals surface area contributed by atoms with Gasteiger partial charge in [-0.2, -0.15) is 0 Å². The number of halogens is 1. The Morgan fingerprint density at radius 3 is 2.81 bits per heavy atom. The molecular formula is C18H29ClN2. The fourth-order valence-corrected chi connectivity index (χ4v) is 3.48. The van der Waals surface area contributed by atoms with E-state index in [1.165, 1.54) is 24.1 Å². The van der Waals surface area contributed by atoms with Crippen LogP contribution in [0.15, 0.2) is 18.2 Å². The minimum Gasteiger partial charge on any atom is -0.367 e. The summed E-state index contributed by atoms with van der Waals surface area (Å²) < 4.78 is 0. The molecule has 3 unspecified atom stereocenters. The highest BCUT2D eigenvalue weighted by Crippen LogP contribution is 2.34. The summed E-state index contributed by atoms with van der Waals surface area (Å²) in [5.41, 5.74) is 2.47. The van der Waals surface area contributed by atoms with Crippen LogP contribution in [0.3, 0.4) is 0 Å². The molecule has 1 fully saturated rings. The van der Waals surface area contributed by atoms with E-state index in [-0.39, 0.29) is 0 Å². The van der Waals surface area contributed by atoms with Crippen LogP contribution in [-0.4, -0.2) is 19.1 Å². The average Bonchev–Trinajstić information content (AvgIpc) is 2.48. The Labute approximate surface area is 134 Å². The highest BCUT2D eigenvalue weighted by atomic mass is 35.5. The molecule has 0 bridgehead atoms. The fourth-order valence-electron chi connectivity index (χ4n) is 3.18. The van der Waals surface area contributed by atoms with Gasteiger partial charge in [0.25, 0.3) is 0 Å². The van der Waals surface area contributed by atoms with Crippen LogP contribution in [0.4, 0.5) is 5.69 Å². The smallest absolute Gasteiger partial charge is 0.0642 e. The highest BCUT2D eigenvalue weighted by molar-refractivity contribution is 6.33. The molecule has 21 heavy (non-hydrogen) atoms. The third-order valence-electron chi connectivity index (χ3n) is 4.86. The molecule has 3 heteroatoms. The van der Waals surface area contributed by atoms with Crippen molar-refractivity contribution in [3.05, 3.63) is 28.8 Å². The number of nitrogens with one attached hydrogen (secondary N) is 1. The first-order valence-corrected chi connectivity index (χ1v) is 8.71. The van der Waals surface area contributed by atoms with Gasteiger partial charge < -0.3 is 10.2 Å². The van der Waals surface area contributed by atoms with Crippen molar-refractivity contribution in [1.29, 1.82) is 0 Å². The van der Waals surface area contributed by atoms with E-state index in [1.807, 2.05) is 0 Å². The van der Waals surface area contributed by atoms with Crippen molar-refractivity contribution in [2.45, 2.75) is 59.0 Å². The topological polar surface area (TPSA) is 15.3 Å². The fraction of sp³-hybridized carbons (Fsp3) is 0.667. The van der Waals surface area contributed by atoms with E-state index < -0.39 is 0 Å². The van der Waals surface area contributed by atoms with Crippen molar-refractivity contribution in [3.8, 4) is 0 Å². The zero-order chi connectivity index (χ0) is 15.4. The van der Waals surface area contributed by atoms with E-state index in [9.17, 15) is 0 Å². The lowest BCUT2D eigenvalue weighted by molar-refractivity contribution is 0.363. The van der Waals surface area contributed by atoms with Gasteiger partial charge in [-0.3, -0.25) is 0 Å². The molecule has 0 radical (unpaired) electrons. The predicted octanol–water partition coefficient (Wildman–Crippen LogP) is 5.03. The molecule has 1 aromatic carbocycles. The number of anilines is 1. The quantitative estimate of drug-likeness (QED) is 0.821. The molecule has 118 valence electrons. The molecule has 1 saturated heterocycles. The van der Waals surface area contributed by atoms with Crippen LogP contribution in [0, 0.1) is 5.92 Å². The molecule has 1 N–H and O–H groups in total. The first-order valence-electron chi connectivity index (χ1n) is 8.34. The first-order chi connectivity index (χ1) is 10.0. The summed E-state index contributed by atoms with van der Waals surface area (Å²) >= 11 is 6.58. The van der Waals surface area contributed by atoms with Crippen LogP contribution in [0.1, 0.15) is 58.6 Å². The Kier molecular flexibility index (Phi) is 5.95. The maximum absolute atomic E-state index is 6.58. The monoisotopic (exact) mass is 308 g/mol. The van der Waals surface area contributed by atoms with Gasteiger partial charge in [0.1, 0.15) is 0 Å². The Balaban J connectivity index is 2.15. The number of nitrogens with zero attached hydrogens (tertiary/aromatic N) is 1. The molecule has 2 rings (SSSR count). The van der Waals surface area contributed by atoms with Gasteiger partial charge in [-0.15, -0.1) is 0 Å². The number of piperidine rings is 1. The summed E-state index contributed by atoms with van der Waals surface area (Å²) in [6.07, 6.45) is 3.74. The normalized spacial score (nSPS) is 24.1. The van der Waals surface area contributed by atoms with Gasteiger partial charge in [0.15, 0.2) is 0 Å². The molecule has 0 spiro atoms. The Morgan fingerprint density at radius 1 is 1.38 bits per heavy atom. The van der Waals surface area contributed by atoms with Gasteiger partial charge in [0, 0.05) is 18.6 Å². The molecule has 0 saturated carbocycles. The van der Waals surface area contributed by atoms with Crippen LogP contribution in [0.5, 0.6) is 0 Å². The Bertz CT molecular complexity index is 461. The SMILES string of the molecule is CCCNC(C)c1ccc(N2CCCC(C)C2C)c(Cl)c1. The number of hydrogen-bond acceptors (Lipinski definition) is 2. The molecule has 3 atom stereocenters. The van der Waals surface area contributed by atoms with Crippen molar-refractivity contribution in [2.24, 2.45) is 5.92 Å². The number of benzene rings is 1. The maximum Gasteiger partial charge on any atom is 0.0642 e. The van der Waals surface area contributed by atoms with E-state index in [4.69, 9.17) is 11.6 Å². The van der Waals surface area contributed by atoms with E-state index in [2.05, 4.69) is 56.1 Å². The third kappa shape index (κ3) is 3.92. The summed E-state index contributed by atoms with van der Waals surface area (Å²) in [6, 6.07) is 7.49. The van der Waals surface area contributed by atoms with Crippen molar-refractivity contribution in [1.82, 2.24) is 5.32 Å². The molecule has 2 nitrogen and oxygen atoms in total. The lowest BCUT2D eigenvalue weighted by atomic mass is 9.91. The van der Waals surface area contributed by atoms with E-state index in [1.54, 1.807) is 0 Å². The second-order valence-corrected chi connectivity index (χ2v) is 6.85. The second kappa shape index (κ2) is 7.51. The molecule has 1 aliphatic rings. The van der Waals surface area contributed by atoms with Gasteiger partial charge in [0.05, 0.1) is 10.7 Å². The first kappa shape index (κ1) is 16.6. The summed E-state index contributed by atoms with van der Waals surface area (Å²) in [5, 5.41) is 4.41. The third-order valence-corrected chi connectivity index (χ3v) is 5.16. The van der Waals surface area contributed by atoms with Crippen molar-refractivity contribution >= 4 is 17.3 Å². The summed E-state index contributed by atoms with van der Waals surface area (Å²) in [6.45, 7) is 11.2. The van der Waals surface area contributed by atoms with Crippen molar-refractivity contribution in [3.63, 3.8) is 0 Å². The Morgan fingerprint density at radius 2 is 2.14 bits per heavy atom.